The van der Waals surface area contributed by atoms with Crippen molar-refractivity contribution < 1.29 is 14.6 Å². The Morgan fingerprint density at radius 2 is 1.62 bits per heavy atom. The zero-order valence-corrected chi connectivity index (χ0v) is 15.1. The van der Waals surface area contributed by atoms with Crippen molar-refractivity contribution >= 4 is 0 Å². The molecule has 1 aliphatic heterocycles. The quantitative estimate of drug-likeness (QED) is 0.644. The fourth-order valence-electron chi connectivity index (χ4n) is 2.95. The van der Waals surface area contributed by atoms with E-state index in [4.69, 9.17) is 9.47 Å². The summed E-state index contributed by atoms with van der Waals surface area (Å²) >= 11 is 0. The number of ether oxygens (including phenoxy) is 2. The van der Waals surface area contributed by atoms with E-state index in [2.05, 4.69) is 10.6 Å². The lowest BCUT2D eigenvalue weighted by Gasteiger charge is -2.25. The Bertz CT molecular complexity index is 627. The molecule has 140 valence electrons. The van der Waals surface area contributed by atoms with E-state index in [1.807, 2.05) is 54.6 Å². The van der Waals surface area contributed by atoms with Gasteiger partial charge in [-0.3, -0.25) is 0 Å². The lowest BCUT2D eigenvalue weighted by atomic mass is 10.1. The third-order valence-electron chi connectivity index (χ3n) is 4.50. The fourth-order valence-corrected chi connectivity index (χ4v) is 2.95. The molecule has 0 spiro atoms. The Kier molecular flexibility index (Phi) is 7.31. The SMILES string of the molecule is O[C@@H](CNC1CCNCC1)COc1ccc(OCc2ccccc2)cc1. The Balaban J connectivity index is 1.35. The maximum Gasteiger partial charge on any atom is 0.120 e. The molecule has 3 rings (SSSR count). The van der Waals surface area contributed by atoms with Crippen molar-refractivity contribution in [2.24, 2.45) is 0 Å². The van der Waals surface area contributed by atoms with Gasteiger partial charge in [-0.25, -0.2) is 0 Å². The molecule has 2 aromatic carbocycles. The molecule has 0 amide bonds. The minimum atomic E-state index is -0.515. The van der Waals surface area contributed by atoms with Gasteiger partial charge in [0, 0.05) is 12.6 Å². The van der Waals surface area contributed by atoms with Gasteiger partial charge in [0.2, 0.25) is 0 Å². The fraction of sp³-hybridized carbons (Fsp3) is 0.429. The zero-order valence-electron chi connectivity index (χ0n) is 15.1. The zero-order chi connectivity index (χ0) is 18.0. The van der Waals surface area contributed by atoms with Crippen molar-refractivity contribution in [2.45, 2.75) is 31.6 Å². The summed E-state index contributed by atoms with van der Waals surface area (Å²) in [6.45, 7) is 3.47. The molecule has 0 aromatic heterocycles. The van der Waals surface area contributed by atoms with Crippen LogP contribution >= 0.6 is 0 Å². The summed E-state index contributed by atoms with van der Waals surface area (Å²) in [5.41, 5.74) is 1.14. The molecule has 0 bridgehead atoms. The van der Waals surface area contributed by atoms with Crippen LogP contribution in [0.1, 0.15) is 18.4 Å². The average Bonchev–Trinajstić information content (AvgIpc) is 2.71. The molecule has 0 aliphatic carbocycles. The Morgan fingerprint density at radius 3 is 2.31 bits per heavy atom. The molecule has 3 N–H and O–H groups in total. The van der Waals surface area contributed by atoms with Crippen molar-refractivity contribution in [1.29, 1.82) is 0 Å². The standard InChI is InChI=1S/C21H28N2O3/c24-19(14-23-18-10-12-22-13-11-18)16-26-21-8-6-20(7-9-21)25-15-17-4-2-1-3-5-17/h1-9,18-19,22-24H,10-16H2/t19-/m0/s1. The molecule has 2 aromatic rings. The molecular formula is C21H28N2O3. The van der Waals surface area contributed by atoms with Crippen LogP contribution in [0.25, 0.3) is 0 Å². The lowest BCUT2D eigenvalue weighted by Crippen LogP contribution is -2.43. The highest BCUT2D eigenvalue weighted by Gasteiger charge is 2.14. The predicted molar refractivity (Wildman–Crippen MR) is 103 cm³/mol. The Labute approximate surface area is 155 Å². The second kappa shape index (κ2) is 10.2. The smallest absolute Gasteiger partial charge is 0.120 e. The van der Waals surface area contributed by atoms with Gasteiger partial charge in [-0.15, -0.1) is 0 Å². The summed E-state index contributed by atoms with van der Waals surface area (Å²) in [4.78, 5) is 0. The van der Waals surface area contributed by atoms with Gasteiger partial charge in [-0.05, 0) is 55.8 Å². The number of rotatable bonds is 9. The van der Waals surface area contributed by atoms with E-state index < -0.39 is 6.10 Å². The van der Waals surface area contributed by atoms with Crippen LogP contribution in [0.5, 0.6) is 11.5 Å². The molecule has 1 aliphatic rings. The average molecular weight is 356 g/mol. The van der Waals surface area contributed by atoms with E-state index in [0.29, 0.717) is 19.2 Å². The monoisotopic (exact) mass is 356 g/mol. The van der Waals surface area contributed by atoms with Crippen LogP contribution in [0, 0.1) is 0 Å². The molecule has 1 saturated heterocycles. The van der Waals surface area contributed by atoms with Crippen LogP contribution in [0.2, 0.25) is 0 Å². The van der Waals surface area contributed by atoms with Crippen LogP contribution in [0.15, 0.2) is 54.6 Å². The van der Waals surface area contributed by atoms with Crippen LogP contribution in [-0.2, 0) is 6.61 Å². The molecule has 5 nitrogen and oxygen atoms in total. The highest BCUT2D eigenvalue weighted by atomic mass is 16.5. The number of hydrogen-bond donors (Lipinski definition) is 3. The van der Waals surface area contributed by atoms with Crippen LogP contribution < -0.4 is 20.1 Å². The second-order valence-electron chi connectivity index (χ2n) is 6.64. The first-order valence-electron chi connectivity index (χ1n) is 9.31. The van der Waals surface area contributed by atoms with Gasteiger partial charge in [0.15, 0.2) is 0 Å². The summed E-state index contributed by atoms with van der Waals surface area (Å²) in [5.74, 6) is 1.53. The van der Waals surface area contributed by atoms with Crippen molar-refractivity contribution in [3.05, 3.63) is 60.2 Å². The van der Waals surface area contributed by atoms with Gasteiger partial charge < -0.3 is 25.2 Å². The number of nitrogens with one attached hydrogen (secondary N) is 2. The Morgan fingerprint density at radius 1 is 0.962 bits per heavy atom. The van der Waals surface area contributed by atoms with Crippen molar-refractivity contribution in [3.63, 3.8) is 0 Å². The molecule has 1 fully saturated rings. The van der Waals surface area contributed by atoms with Gasteiger partial charge >= 0.3 is 0 Å². The maximum atomic E-state index is 10.1. The van der Waals surface area contributed by atoms with E-state index >= 15 is 0 Å². The number of benzene rings is 2. The minimum Gasteiger partial charge on any atom is -0.491 e. The van der Waals surface area contributed by atoms with E-state index in [-0.39, 0.29) is 6.61 Å². The third-order valence-corrected chi connectivity index (χ3v) is 4.50. The second-order valence-corrected chi connectivity index (χ2v) is 6.64. The Hall–Kier alpha value is -2.08. The third kappa shape index (κ3) is 6.33. The molecule has 1 heterocycles. The van der Waals surface area contributed by atoms with Crippen LogP contribution in [-0.4, -0.2) is 43.5 Å². The predicted octanol–water partition coefficient (Wildman–Crippen LogP) is 2.35. The molecule has 0 saturated carbocycles. The van der Waals surface area contributed by atoms with Crippen LogP contribution in [0.3, 0.4) is 0 Å². The minimum absolute atomic E-state index is 0.280. The van der Waals surface area contributed by atoms with Crippen molar-refractivity contribution in [3.8, 4) is 11.5 Å². The number of aliphatic hydroxyl groups is 1. The molecular weight excluding hydrogens is 328 g/mol. The first kappa shape index (κ1) is 18.7. The van der Waals surface area contributed by atoms with Gasteiger partial charge in [-0.1, -0.05) is 30.3 Å². The maximum absolute atomic E-state index is 10.1. The summed E-state index contributed by atoms with van der Waals surface area (Å²) < 4.78 is 11.4. The highest BCUT2D eigenvalue weighted by Crippen LogP contribution is 2.19. The molecule has 0 unspecified atom stereocenters. The molecule has 0 radical (unpaired) electrons. The van der Waals surface area contributed by atoms with Gasteiger partial charge in [0.1, 0.15) is 30.8 Å². The topological polar surface area (TPSA) is 62.8 Å². The number of hydrogen-bond acceptors (Lipinski definition) is 5. The highest BCUT2D eigenvalue weighted by molar-refractivity contribution is 5.31. The van der Waals surface area contributed by atoms with E-state index in [1.165, 1.54) is 0 Å². The van der Waals surface area contributed by atoms with E-state index in [9.17, 15) is 5.11 Å². The number of aliphatic hydroxyl groups excluding tert-OH is 1. The molecule has 5 heteroatoms. The van der Waals surface area contributed by atoms with Crippen molar-refractivity contribution in [1.82, 2.24) is 10.6 Å². The number of piperidine rings is 1. The van der Waals surface area contributed by atoms with Crippen molar-refractivity contribution in [2.75, 3.05) is 26.2 Å². The van der Waals surface area contributed by atoms with Crippen LogP contribution in [0.4, 0.5) is 0 Å². The summed E-state index contributed by atoms with van der Waals surface area (Å²) in [6.07, 6.45) is 1.70. The summed E-state index contributed by atoms with van der Waals surface area (Å²) in [6, 6.07) is 18.1. The van der Waals surface area contributed by atoms with Gasteiger partial charge in [-0.2, -0.15) is 0 Å². The first-order chi connectivity index (χ1) is 12.8. The normalized spacial score (nSPS) is 16.2. The lowest BCUT2D eigenvalue weighted by molar-refractivity contribution is 0.102. The van der Waals surface area contributed by atoms with E-state index in [1.54, 1.807) is 0 Å². The molecule has 26 heavy (non-hydrogen) atoms. The molecule has 1 atom stereocenters. The van der Waals surface area contributed by atoms with Gasteiger partial charge in [0.05, 0.1) is 0 Å². The summed E-state index contributed by atoms with van der Waals surface area (Å²) in [5, 5.41) is 16.8. The largest absolute Gasteiger partial charge is 0.491 e. The first-order valence-corrected chi connectivity index (χ1v) is 9.31. The van der Waals surface area contributed by atoms with E-state index in [0.717, 1.165) is 43.0 Å². The summed E-state index contributed by atoms with van der Waals surface area (Å²) in [7, 11) is 0. The van der Waals surface area contributed by atoms with Gasteiger partial charge in [0.25, 0.3) is 0 Å².